The van der Waals surface area contributed by atoms with E-state index in [1.54, 1.807) is 31.4 Å². The molecule has 4 saturated carbocycles. The van der Waals surface area contributed by atoms with E-state index in [4.69, 9.17) is 19.3 Å². The van der Waals surface area contributed by atoms with Crippen LogP contribution >= 0.6 is 0 Å². The summed E-state index contributed by atoms with van der Waals surface area (Å²) in [6.45, 7) is 0.918. The van der Waals surface area contributed by atoms with Gasteiger partial charge in [-0.15, -0.1) is 0 Å². The van der Waals surface area contributed by atoms with Gasteiger partial charge in [-0.05, 0) is 91.5 Å². The SMILES string of the molecule is COCCOCOc1cc(O)c(C(=O)/C=C/c2ccc(C(=O)O)cc2)cc1C12CC3CC(CC(C3)C1)C2. The predicted octanol–water partition coefficient (Wildman–Crippen LogP) is 5.45. The third-order valence-electron chi connectivity index (χ3n) is 8.29. The fourth-order valence-corrected chi connectivity index (χ4v) is 7.05. The Bertz CT molecular complexity index is 1150. The summed E-state index contributed by atoms with van der Waals surface area (Å²) >= 11 is 0. The Morgan fingerprint density at radius 2 is 1.65 bits per heavy atom. The second kappa shape index (κ2) is 10.7. The van der Waals surface area contributed by atoms with Crippen molar-refractivity contribution in [1.82, 2.24) is 0 Å². The molecule has 2 aromatic rings. The normalized spacial score (nSPS) is 26.0. The van der Waals surface area contributed by atoms with Crippen LogP contribution in [0.5, 0.6) is 11.5 Å². The molecule has 0 unspecified atom stereocenters. The van der Waals surface area contributed by atoms with Gasteiger partial charge in [-0.2, -0.15) is 0 Å². The molecule has 0 heterocycles. The highest BCUT2D eigenvalue weighted by Gasteiger charge is 2.52. The van der Waals surface area contributed by atoms with Crippen LogP contribution in [0, 0.1) is 17.8 Å². The lowest BCUT2D eigenvalue weighted by Crippen LogP contribution is -2.48. The number of phenolic OH excluding ortho intramolecular Hbond substituents is 1. The van der Waals surface area contributed by atoms with Crippen molar-refractivity contribution in [3.8, 4) is 11.5 Å². The standard InChI is InChI=1S/C30H34O7/c1-35-8-9-36-18-37-28-14-27(32)24(26(31)7-4-19-2-5-23(6-3-19)29(33)34)13-25(28)30-15-20-10-21(16-30)12-22(11-20)17-30/h2-7,13-14,20-22,32H,8-12,15-18H2,1H3,(H,33,34)/b7-4+. The van der Waals surface area contributed by atoms with E-state index in [1.165, 1.54) is 37.5 Å². The minimum Gasteiger partial charge on any atom is -0.507 e. The Morgan fingerprint density at radius 3 is 2.24 bits per heavy atom. The summed E-state index contributed by atoms with van der Waals surface area (Å²) in [4.78, 5) is 24.3. The molecule has 2 N–H and O–H groups in total. The summed E-state index contributed by atoms with van der Waals surface area (Å²) in [6.07, 6.45) is 10.2. The third kappa shape index (κ3) is 5.43. The Balaban J connectivity index is 1.43. The van der Waals surface area contributed by atoms with E-state index in [1.807, 2.05) is 6.07 Å². The molecule has 0 aromatic heterocycles. The van der Waals surface area contributed by atoms with Gasteiger partial charge in [0.25, 0.3) is 0 Å². The van der Waals surface area contributed by atoms with Gasteiger partial charge in [0.1, 0.15) is 11.5 Å². The maximum absolute atomic E-state index is 13.2. The summed E-state index contributed by atoms with van der Waals surface area (Å²) in [5.41, 5.74) is 2.09. The van der Waals surface area contributed by atoms with Crippen LogP contribution in [0.1, 0.15) is 70.4 Å². The van der Waals surface area contributed by atoms with Crippen LogP contribution in [-0.4, -0.2) is 49.1 Å². The number of carboxylic acid groups (broad SMARTS) is 1. The lowest BCUT2D eigenvalue weighted by molar-refractivity contribution is -0.0190. The van der Waals surface area contributed by atoms with Crippen molar-refractivity contribution in [1.29, 1.82) is 0 Å². The number of hydrogen-bond acceptors (Lipinski definition) is 6. The number of phenols is 1. The van der Waals surface area contributed by atoms with E-state index in [0.717, 1.165) is 24.8 Å². The molecule has 4 aliphatic rings. The quantitative estimate of drug-likeness (QED) is 0.181. The predicted molar refractivity (Wildman–Crippen MR) is 138 cm³/mol. The average molecular weight is 507 g/mol. The van der Waals surface area contributed by atoms with Gasteiger partial charge in [0.05, 0.1) is 24.3 Å². The Hall–Kier alpha value is -3.16. The molecule has 0 radical (unpaired) electrons. The van der Waals surface area contributed by atoms with E-state index in [9.17, 15) is 14.7 Å². The number of rotatable bonds is 11. The zero-order chi connectivity index (χ0) is 26.0. The molecule has 196 valence electrons. The molecule has 2 aromatic carbocycles. The molecular weight excluding hydrogens is 472 g/mol. The fraction of sp³-hybridized carbons (Fsp3) is 0.467. The number of ether oxygens (including phenoxy) is 3. The van der Waals surface area contributed by atoms with Crippen LogP contribution in [0.4, 0.5) is 0 Å². The molecule has 0 saturated heterocycles. The Labute approximate surface area is 217 Å². The lowest BCUT2D eigenvalue weighted by Gasteiger charge is -2.57. The maximum Gasteiger partial charge on any atom is 0.335 e. The molecule has 7 heteroatoms. The van der Waals surface area contributed by atoms with Crippen molar-refractivity contribution in [2.75, 3.05) is 27.1 Å². The van der Waals surface area contributed by atoms with Crippen LogP contribution in [0.15, 0.2) is 42.5 Å². The second-order valence-electron chi connectivity index (χ2n) is 10.9. The van der Waals surface area contributed by atoms with Crippen molar-refractivity contribution in [3.05, 3.63) is 64.7 Å². The molecular formula is C30H34O7. The topological polar surface area (TPSA) is 102 Å². The van der Waals surface area contributed by atoms with E-state index in [0.29, 0.717) is 42.3 Å². The van der Waals surface area contributed by atoms with Gasteiger partial charge in [0, 0.05) is 18.7 Å². The number of allylic oxidation sites excluding steroid dienone is 1. The van der Waals surface area contributed by atoms with Crippen LogP contribution in [0.3, 0.4) is 0 Å². The molecule has 0 aliphatic heterocycles. The molecule has 37 heavy (non-hydrogen) atoms. The molecule has 0 amide bonds. The van der Waals surface area contributed by atoms with Gasteiger partial charge in [0.15, 0.2) is 12.6 Å². The van der Waals surface area contributed by atoms with Gasteiger partial charge in [0.2, 0.25) is 0 Å². The third-order valence-corrected chi connectivity index (χ3v) is 8.29. The second-order valence-corrected chi connectivity index (χ2v) is 10.9. The number of carbonyl (C=O) groups excluding carboxylic acids is 1. The van der Waals surface area contributed by atoms with E-state index in [-0.39, 0.29) is 34.9 Å². The number of aromatic hydroxyl groups is 1. The van der Waals surface area contributed by atoms with Crippen molar-refractivity contribution < 1.29 is 34.0 Å². The Kier molecular flexibility index (Phi) is 7.36. The maximum atomic E-state index is 13.2. The van der Waals surface area contributed by atoms with E-state index >= 15 is 0 Å². The number of carboxylic acids is 1. The van der Waals surface area contributed by atoms with Crippen molar-refractivity contribution in [2.45, 2.75) is 43.9 Å². The van der Waals surface area contributed by atoms with Crippen LogP contribution in [-0.2, 0) is 14.9 Å². The van der Waals surface area contributed by atoms with Gasteiger partial charge in [-0.3, -0.25) is 4.79 Å². The summed E-state index contributed by atoms with van der Waals surface area (Å²) in [6, 6.07) is 9.69. The van der Waals surface area contributed by atoms with Gasteiger partial charge in [-0.1, -0.05) is 18.2 Å². The minimum atomic E-state index is -1.000. The number of carbonyl (C=O) groups is 2. The zero-order valence-electron chi connectivity index (χ0n) is 21.2. The van der Waals surface area contributed by atoms with Crippen LogP contribution in [0.2, 0.25) is 0 Å². The zero-order valence-corrected chi connectivity index (χ0v) is 21.2. The molecule has 0 atom stereocenters. The Morgan fingerprint density at radius 1 is 1.00 bits per heavy atom. The van der Waals surface area contributed by atoms with Crippen molar-refractivity contribution >= 4 is 17.8 Å². The van der Waals surface area contributed by atoms with E-state index in [2.05, 4.69) is 0 Å². The summed E-state index contributed by atoms with van der Waals surface area (Å²) in [5.74, 6) is 1.27. The lowest BCUT2D eigenvalue weighted by atomic mass is 9.48. The molecule has 7 nitrogen and oxygen atoms in total. The highest BCUT2D eigenvalue weighted by Crippen LogP contribution is 2.62. The first kappa shape index (κ1) is 25.5. The number of hydrogen-bond donors (Lipinski definition) is 2. The van der Waals surface area contributed by atoms with E-state index < -0.39 is 5.97 Å². The minimum absolute atomic E-state index is 0.0434. The molecule has 0 spiro atoms. The summed E-state index contributed by atoms with van der Waals surface area (Å²) < 4.78 is 16.6. The molecule has 4 bridgehead atoms. The molecule has 4 aliphatic carbocycles. The highest BCUT2D eigenvalue weighted by molar-refractivity contribution is 6.09. The van der Waals surface area contributed by atoms with Crippen LogP contribution in [0.25, 0.3) is 6.08 Å². The highest BCUT2D eigenvalue weighted by atomic mass is 16.7. The number of benzene rings is 2. The van der Waals surface area contributed by atoms with Crippen LogP contribution < -0.4 is 4.74 Å². The first-order chi connectivity index (χ1) is 17.9. The molecule has 4 fully saturated rings. The summed E-state index contributed by atoms with van der Waals surface area (Å²) in [5, 5.41) is 19.9. The average Bonchev–Trinajstić information content (AvgIpc) is 2.86. The van der Waals surface area contributed by atoms with Crippen molar-refractivity contribution in [2.24, 2.45) is 17.8 Å². The number of methoxy groups -OCH3 is 1. The first-order valence-electron chi connectivity index (χ1n) is 13.0. The van der Waals surface area contributed by atoms with Gasteiger partial charge >= 0.3 is 5.97 Å². The first-order valence-corrected chi connectivity index (χ1v) is 13.0. The number of aromatic carboxylic acids is 1. The summed E-state index contributed by atoms with van der Waals surface area (Å²) in [7, 11) is 1.61. The smallest absolute Gasteiger partial charge is 0.335 e. The van der Waals surface area contributed by atoms with Gasteiger partial charge in [-0.25, -0.2) is 4.79 Å². The van der Waals surface area contributed by atoms with Crippen molar-refractivity contribution in [3.63, 3.8) is 0 Å². The van der Waals surface area contributed by atoms with Gasteiger partial charge < -0.3 is 24.4 Å². The fourth-order valence-electron chi connectivity index (χ4n) is 7.05. The monoisotopic (exact) mass is 506 g/mol. The largest absolute Gasteiger partial charge is 0.507 e. The molecule has 6 rings (SSSR count). The number of ketones is 1.